The van der Waals surface area contributed by atoms with E-state index in [0.29, 0.717) is 0 Å². The second-order valence-corrected chi connectivity index (χ2v) is 5.88. The van der Waals surface area contributed by atoms with Gasteiger partial charge in [0.1, 0.15) is 11.6 Å². The molecule has 0 aliphatic carbocycles. The van der Waals surface area contributed by atoms with Crippen molar-refractivity contribution >= 4 is 23.2 Å². The van der Waals surface area contributed by atoms with E-state index < -0.39 is 11.6 Å². The number of hydrogen-bond donors (Lipinski definition) is 1. The molecule has 2 amide bonds. The van der Waals surface area contributed by atoms with E-state index in [2.05, 4.69) is 5.32 Å². The van der Waals surface area contributed by atoms with Crippen molar-refractivity contribution in [1.82, 2.24) is 5.32 Å². The number of carbonyl (C=O) groups is 2. The van der Waals surface area contributed by atoms with Crippen LogP contribution in [0.1, 0.15) is 20.8 Å². The van der Waals surface area contributed by atoms with Gasteiger partial charge in [-0.1, -0.05) is 6.07 Å². The van der Waals surface area contributed by atoms with Gasteiger partial charge in [-0.25, -0.2) is 0 Å². The predicted molar refractivity (Wildman–Crippen MR) is 79.9 cm³/mol. The van der Waals surface area contributed by atoms with Gasteiger partial charge in [-0.15, -0.1) is 0 Å². The Morgan fingerprint density at radius 3 is 2.50 bits per heavy atom. The standard InChI is InChI=1S/C15H21N3O2/c1-10-13(19)16-15(2,3)14(20)18(10)12-8-6-7-11(9-12)17(4)5/h6-10H,1-5H3,(H,16,19). The van der Waals surface area contributed by atoms with Gasteiger partial charge < -0.3 is 10.2 Å². The summed E-state index contributed by atoms with van der Waals surface area (Å²) in [5, 5.41) is 2.75. The Morgan fingerprint density at radius 2 is 1.90 bits per heavy atom. The number of piperazine rings is 1. The molecule has 1 fully saturated rings. The lowest BCUT2D eigenvalue weighted by Gasteiger charge is -2.41. The molecule has 1 unspecified atom stereocenters. The lowest BCUT2D eigenvalue weighted by Crippen LogP contribution is -2.67. The van der Waals surface area contributed by atoms with Gasteiger partial charge in [0.05, 0.1) is 0 Å². The summed E-state index contributed by atoms with van der Waals surface area (Å²) in [5.74, 6) is -0.231. The smallest absolute Gasteiger partial charge is 0.252 e. The van der Waals surface area contributed by atoms with Crippen molar-refractivity contribution in [2.75, 3.05) is 23.9 Å². The molecule has 1 aromatic rings. The SMILES string of the molecule is CC1C(=O)NC(C)(C)C(=O)N1c1cccc(N(C)C)c1. The Balaban J connectivity index is 2.46. The molecule has 1 N–H and O–H groups in total. The van der Waals surface area contributed by atoms with Crippen LogP contribution >= 0.6 is 0 Å². The summed E-state index contributed by atoms with van der Waals surface area (Å²) in [5.41, 5.74) is 0.862. The van der Waals surface area contributed by atoms with Gasteiger partial charge in [-0.05, 0) is 39.0 Å². The normalized spacial score (nSPS) is 21.6. The largest absolute Gasteiger partial charge is 0.378 e. The van der Waals surface area contributed by atoms with E-state index in [-0.39, 0.29) is 11.8 Å². The van der Waals surface area contributed by atoms with Crippen molar-refractivity contribution in [3.8, 4) is 0 Å². The minimum absolute atomic E-state index is 0.0968. The summed E-state index contributed by atoms with van der Waals surface area (Å²) in [6.07, 6.45) is 0. The predicted octanol–water partition coefficient (Wildman–Crippen LogP) is 1.38. The maximum atomic E-state index is 12.6. The average molecular weight is 275 g/mol. The number of benzene rings is 1. The molecular formula is C15H21N3O2. The van der Waals surface area contributed by atoms with Crippen LogP contribution in [0, 0.1) is 0 Å². The molecule has 5 nitrogen and oxygen atoms in total. The second kappa shape index (κ2) is 4.81. The van der Waals surface area contributed by atoms with Crippen molar-refractivity contribution in [3.63, 3.8) is 0 Å². The monoisotopic (exact) mass is 275 g/mol. The zero-order chi connectivity index (χ0) is 15.1. The van der Waals surface area contributed by atoms with Crippen LogP contribution in [0.5, 0.6) is 0 Å². The number of nitrogens with zero attached hydrogens (tertiary/aromatic N) is 2. The molecule has 1 heterocycles. The van der Waals surface area contributed by atoms with Crippen molar-refractivity contribution in [2.45, 2.75) is 32.4 Å². The molecule has 0 bridgehead atoms. The van der Waals surface area contributed by atoms with Crippen LogP contribution in [0.25, 0.3) is 0 Å². The topological polar surface area (TPSA) is 52.7 Å². The Labute approximate surface area is 119 Å². The summed E-state index contributed by atoms with van der Waals surface area (Å²) < 4.78 is 0. The number of nitrogens with one attached hydrogen (secondary N) is 1. The van der Waals surface area contributed by atoms with E-state index in [0.717, 1.165) is 11.4 Å². The first-order chi connectivity index (χ1) is 9.24. The van der Waals surface area contributed by atoms with Crippen LogP contribution in [-0.4, -0.2) is 37.5 Å². The maximum absolute atomic E-state index is 12.6. The first-order valence-corrected chi connectivity index (χ1v) is 6.67. The summed E-state index contributed by atoms with van der Waals surface area (Å²) in [6, 6.07) is 7.13. The fraction of sp³-hybridized carbons (Fsp3) is 0.467. The fourth-order valence-electron chi connectivity index (χ4n) is 2.32. The Kier molecular flexibility index (Phi) is 3.46. The summed E-state index contributed by atoms with van der Waals surface area (Å²) >= 11 is 0. The van der Waals surface area contributed by atoms with Crippen LogP contribution in [-0.2, 0) is 9.59 Å². The fourth-order valence-corrected chi connectivity index (χ4v) is 2.32. The molecule has 1 aliphatic rings. The van der Waals surface area contributed by atoms with Crippen LogP contribution < -0.4 is 15.1 Å². The third-order valence-corrected chi connectivity index (χ3v) is 3.58. The highest BCUT2D eigenvalue weighted by molar-refractivity contribution is 6.10. The van der Waals surface area contributed by atoms with Gasteiger partial charge in [-0.2, -0.15) is 0 Å². The Bertz CT molecular complexity index is 552. The third-order valence-electron chi connectivity index (χ3n) is 3.58. The van der Waals surface area contributed by atoms with Crippen LogP contribution in [0.2, 0.25) is 0 Å². The van der Waals surface area contributed by atoms with Crippen LogP contribution in [0.15, 0.2) is 24.3 Å². The maximum Gasteiger partial charge on any atom is 0.252 e. The third kappa shape index (κ3) is 2.35. The van der Waals surface area contributed by atoms with Crippen molar-refractivity contribution in [2.24, 2.45) is 0 Å². The quantitative estimate of drug-likeness (QED) is 0.887. The van der Waals surface area contributed by atoms with Gasteiger partial charge in [-0.3, -0.25) is 14.5 Å². The van der Waals surface area contributed by atoms with Crippen LogP contribution in [0.4, 0.5) is 11.4 Å². The highest BCUT2D eigenvalue weighted by Gasteiger charge is 2.44. The minimum Gasteiger partial charge on any atom is -0.378 e. The first kappa shape index (κ1) is 14.4. The van der Waals surface area contributed by atoms with Gasteiger partial charge >= 0.3 is 0 Å². The average Bonchev–Trinajstić information content (AvgIpc) is 2.37. The molecule has 108 valence electrons. The van der Waals surface area contributed by atoms with Gasteiger partial charge in [0.25, 0.3) is 5.91 Å². The van der Waals surface area contributed by atoms with Crippen LogP contribution in [0.3, 0.4) is 0 Å². The number of amides is 2. The van der Waals surface area contributed by atoms with Gasteiger partial charge in [0.2, 0.25) is 5.91 Å². The molecule has 1 saturated heterocycles. The molecule has 0 saturated carbocycles. The lowest BCUT2D eigenvalue weighted by molar-refractivity contribution is -0.136. The zero-order valence-electron chi connectivity index (χ0n) is 12.6. The highest BCUT2D eigenvalue weighted by atomic mass is 16.2. The lowest BCUT2D eigenvalue weighted by atomic mass is 9.96. The first-order valence-electron chi connectivity index (χ1n) is 6.67. The summed E-state index contributed by atoms with van der Waals surface area (Å²) in [4.78, 5) is 28.2. The Morgan fingerprint density at radius 1 is 1.25 bits per heavy atom. The van der Waals surface area contributed by atoms with E-state index in [1.54, 1.807) is 25.7 Å². The second-order valence-electron chi connectivity index (χ2n) is 5.88. The van der Waals surface area contributed by atoms with E-state index in [1.807, 2.05) is 43.3 Å². The molecule has 0 radical (unpaired) electrons. The summed E-state index contributed by atoms with van der Waals surface area (Å²) in [7, 11) is 3.88. The molecule has 0 aromatic heterocycles. The highest BCUT2D eigenvalue weighted by Crippen LogP contribution is 2.28. The molecule has 0 spiro atoms. The Hall–Kier alpha value is -2.04. The zero-order valence-corrected chi connectivity index (χ0v) is 12.6. The molecule has 20 heavy (non-hydrogen) atoms. The number of rotatable bonds is 2. The number of hydrogen-bond acceptors (Lipinski definition) is 3. The molecule has 2 rings (SSSR count). The van der Waals surface area contributed by atoms with E-state index in [9.17, 15) is 9.59 Å². The molecule has 1 aromatic carbocycles. The van der Waals surface area contributed by atoms with Gasteiger partial charge in [0, 0.05) is 25.5 Å². The number of carbonyl (C=O) groups excluding carboxylic acids is 2. The van der Waals surface area contributed by atoms with E-state index in [1.165, 1.54) is 0 Å². The number of anilines is 2. The minimum atomic E-state index is -0.877. The summed E-state index contributed by atoms with van der Waals surface area (Å²) in [6.45, 7) is 5.19. The molecule has 1 aliphatic heterocycles. The van der Waals surface area contributed by atoms with Crippen molar-refractivity contribution < 1.29 is 9.59 Å². The van der Waals surface area contributed by atoms with E-state index >= 15 is 0 Å². The van der Waals surface area contributed by atoms with Gasteiger partial charge in [0.15, 0.2) is 0 Å². The van der Waals surface area contributed by atoms with Crippen molar-refractivity contribution in [3.05, 3.63) is 24.3 Å². The molecular weight excluding hydrogens is 254 g/mol. The molecule has 5 heteroatoms. The van der Waals surface area contributed by atoms with E-state index in [4.69, 9.17) is 0 Å². The molecule has 1 atom stereocenters. The van der Waals surface area contributed by atoms with Crippen molar-refractivity contribution in [1.29, 1.82) is 0 Å².